The minimum Gasteiger partial charge on any atom is -0.468 e. The molecule has 0 saturated carbocycles. The Morgan fingerprint density at radius 3 is 2.77 bits per heavy atom. The van der Waals surface area contributed by atoms with Gasteiger partial charge in [0.25, 0.3) is 0 Å². The molecule has 7 heteroatoms. The molecule has 4 rings (SSSR count). The van der Waals surface area contributed by atoms with E-state index < -0.39 is 0 Å². The van der Waals surface area contributed by atoms with Crippen LogP contribution in [0, 0.1) is 5.92 Å². The predicted molar refractivity (Wildman–Crippen MR) is 94.4 cm³/mol. The maximum Gasteiger partial charge on any atom is 0.410 e. The Bertz CT molecular complexity index is 652. The molecule has 0 radical (unpaired) electrons. The number of hydrogen-bond acceptors (Lipinski definition) is 5. The largest absolute Gasteiger partial charge is 0.468 e. The summed E-state index contributed by atoms with van der Waals surface area (Å²) in [7, 11) is 1.77. The number of piperidine rings is 2. The standard InChI is InChI=1S/C19H27N3O4/c1-20-14-19(26-18(20)24)6-9-22(10-7-19)17(23)15-4-2-8-21(12-15)13-16-5-3-11-25-16/h3,5,11,15H,2,4,6-10,12-14H2,1H3. The van der Waals surface area contributed by atoms with E-state index >= 15 is 0 Å². The maximum absolute atomic E-state index is 13.0. The molecule has 1 spiro atoms. The van der Waals surface area contributed by atoms with Crippen molar-refractivity contribution in [3.05, 3.63) is 24.2 Å². The summed E-state index contributed by atoms with van der Waals surface area (Å²) in [6, 6.07) is 3.88. The van der Waals surface area contributed by atoms with Gasteiger partial charge in [0.2, 0.25) is 5.91 Å². The Morgan fingerprint density at radius 1 is 1.31 bits per heavy atom. The maximum atomic E-state index is 13.0. The number of carbonyl (C=O) groups excluding carboxylic acids is 2. The van der Waals surface area contributed by atoms with E-state index in [9.17, 15) is 9.59 Å². The quantitative estimate of drug-likeness (QED) is 0.823. The SMILES string of the molecule is CN1CC2(CCN(C(=O)C3CCCN(Cc4ccco4)C3)CC2)OC1=O. The van der Waals surface area contributed by atoms with E-state index in [0.717, 1.165) is 51.1 Å². The first-order chi connectivity index (χ1) is 12.5. The fraction of sp³-hybridized carbons (Fsp3) is 0.684. The van der Waals surface area contributed by atoms with E-state index in [4.69, 9.17) is 9.15 Å². The van der Waals surface area contributed by atoms with Crippen molar-refractivity contribution >= 4 is 12.0 Å². The van der Waals surface area contributed by atoms with Crippen molar-refractivity contribution in [3.63, 3.8) is 0 Å². The number of ether oxygens (including phenoxy) is 1. The lowest BCUT2D eigenvalue weighted by Gasteiger charge is -2.40. The molecule has 26 heavy (non-hydrogen) atoms. The number of furan rings is 1. The van der Waals surface area contributed by atoms with E-state index in [-0.39, 0.29) is 23.5 Å². The van der Waals surface area contributed by atoms with Crippen LogP contribution in [0.2, 0.25) is 0 Å². The number of carbonyl (C=O) groups is 2. The highest BCUT2D eigenvalue weighted by atomic mass is 16.6. The Kier molecular flexibility index (Phi) is 4.65. The number of nitrogens with zero attached hydrogens (tertiary/aromatic N) is 3. The normalized spacial score (nSPS) is 26.3. The number of likely N-dealkylation sites (N-methyl/N-ethyl adjacent to an activating group) is 1. The van der Waals surface area contributed by atoms with Gasteiger partial charge in [-0.2, -0.15) is 0 Å². The molecule has 0 bridgehead atoms. The monoisotopic (exact) mass is 361 g/mol. The molecular weight excluding hydrogens is 334 g/mol. The summed E-state index contributed by atoms with van der Waals surface area (Å²) >= 11 is 0. The van der Waals surface area contributed by atoms with Crippen LogP contribution in [0.15, 0.2) is 22.8 Å². The van der Waals surface area contributed by atoms with Crippen molar-refractivity contribution in [2.75, 3.05) is 39.8 Å². The fourth-order valence-corrected chi connectivity index (χ4v) is 4.47. The van der Waals surface area contributed by atoms with Crippen molar-refractivity contribution in [1.82, 2.24) is 14.7 Å². The lowest BCUT2D eigenvalue weighted by atomic mass is 9.89. The van der Waals surface area contributed by atoms with Gasteiger partial charge in [-0.3, -0.25) is 9.69 Å². The van der Waals surface area contributed by atoms with Crippen LogP contribution in [0.25, 0.3) is 0 Å². The van der Waals surface area contributed by atoms with Crippen molar-refractivity contribution in [2.24, 2.45) is 5.92 Å². The van der Waals surface area contributed by atoms with E-state index in [0.29, 0.717) is 19.6 Å². The summed E-state index contributed by atoms with van der Waals surface area (Å²) in [4.78, 5) is 30.6. The molecule has 1 unspecified atom stereocenters. The average Bonchev–Trinajstić information content (AvgIpc) is 3.24. The molecular formula is C19H27N3O4. The molecule has 3 saturated heterocycles. The van der Waals surface area contributed by atoms with Crippen LogP contribution in [0.4, 0.5) is 4.79 Å². The highest BCUT2D eigenvalue weighted by Crippen LogP contribution is 2.33. The molecule has 3 aliphatic rings. The van der Waals surface area contributed by atoms with Crippen molar-refractivity contribution in [1.29, 1.82) is 0 Å². The van der Waals surface area contributed by atoms with Crippen LogP contribution in [-0.4, -0.2) is 72.1 Å². The molecule has 0 aliphatic carbocycles. The zero-order valence-corrected chi connectivity index (χ0v) is 15.4. The van der Waals surface area contributed by atoms with Gasteiger partial charge in [0.15, 0.2) is 0 Å². The number of likely N-dealkylation sites (tertiary alicyclic amines) is 2. The second kappa shape index (κ2) is 6.95. The topological polar surface area (TPSA) is 66.2 Å². The second-order valence-electron chi connectivity index (χ2n) is 7.89. The van der Waals surface area contributed by atoms with Crippen LogP contribution >= 0.6 is 0 Å². The molecule has 7 nitrogen and oxygen atoms in total. The average molecular weight is 361 g/mol. The van der Waals surface area contributed by atoms with Gasteiger partial charge in [0.05, 0.1) is 25.3 Å². The van der Waals surface area contributed by atoms with Crippen molar-refractivity contribution in [2.45, 2.75) is 37.8 Å². The van der Waals surface area contributed by atoms with Gasteiger partial charge in [-0.05, 0) is 31.5 Å². The Morgan fingerprint density at radius 2 is 2.12 bits per heavy atom. The van der Waals surface area contributed by atoms with Gasteiger partial charge in [0.1, 0.15) is 11.4 Å². The van der Waals surface area contributed by atoms with Gasteiger partial charge < -0.3 is 19.0 Å². The zero-order chi connectivity index (χ0) is 18.1. The minimum absolute atomic E-state index is 0.0570. The molecule has 1 aromatic heterocycles. The number of hydrogen-bond donors (Lipinski definition) is 0. The minimum atomic E-state index is -0.388. The summed E-state index contributed by atoms with van der Waals surface area (Å²) in [5.74, 6) is 1.26. The Hall–Kier alpha value is -2.02. The molecule has 3 fully saturated rings. The molecule has 1 atom stereocenters. The summed E-state index contributed by atoms with van der Waals surface area (Å²) in [6.07, 6.45) is 4.91. The highest BCUT2D eigenvalue weighted by Gasteiger charge is 2.46. The Balaban J connectivity index is 1.31. The molecule has 0 aromatic carbocycles. The molecule has 0 N–H and O–H groups in total. The number of rotatable bonds is 3. The van der Waals surface area contributed by atoms with Crippen LogP contribution < -0.4 is 0 Å². The van der Waals surface area contributed by atoms with Crippen molar-refractivity contribution < 1.29 is 18.7 Å². The van der Waals surface area contributed by atoms with Gasteiger partial charge in [-0.1, -0.05) is 0 Å². The lowest BCUT2D eigenvalue weighted by Crippen LogP contribution is -2.51. The zero-order valence-electron chi connectivity index (χ0n) is 15.4. The van der Waals surface area contributed by atoms with Crippen LogP contribution in [0.5, 0.6) is 0 Å². The number of amides is 2. The first kappa shape index (κ1) is 17.4. The summed E-state index contributed by atoms with van der Waals surface area (Å²) in [6.45, 7) is 4.55. The first-order valence-corrected chi connectivity index (χ1v) is 9.52. The highest BCUT2D eigenvalue weighted by molar-refractivity contribution is 5.79. The third-order valence-electron chi connectivity index (χ3n) is 5.94. The molecule has 1 aromatic rings. The molecule has 4 heterocycles. The molecule has 2 amide bonds. The summed E-state index contributed by atoms with van der Waals surface area (Å²) < 4.78 is 11.0. The lowest BCUT2D eigenvalue weighted by molar-refractivity contribution is -0.140. The third kappa shape index (κ3) is 3.45. The third-order valence-corrected chi connectivity index (χ3v) is 5.94. The van der Waals surface area contributed by atoms with Gasteiger partial charge in [-0.25, -0.2) is 4.79 Å². The van der Waals surface area contributed by atoms with Crippen LogP contribution in [-0.2, 0) is 16.1 Å². The van der Waals surface area contributed by atoms with E-state index in [1.54, 1.807) is 18.2 Å². The summed E-state index contributed by atoms with van der Waals surface area (Å²) in [5, 5.41) is 0. The van der Waals surface area contributed by atoms with E-state index in [1.807, 2.05) is 17.0 Å². The first-order valence-electron chi connectivity index (χ1n) is 9.52. The molecule has 142 valence electrons. The summed E-state index contributed by atoms with van der Waals surface area (Å²) in [5.41, 5.74) is -0.388. The van der Waals surface area contributed by atoms with Gasteiger partial charge in [-0.15, -0.1) is 0 Å². The van der Waals surface area contributed by atoms with Crippen molar-refractivity contribution in [3.8, 4) is 0 Å². The smallest absolute Gasteiger partial charge is 0.410 e. The predicted octanol–water partition coefficient (Wildman–Crippen LogP) is 1.93. The second-order valence-corrected chi connectivity index (χ2v) is 7.89. The van der Waals surface area contributed by atoms with E-state index in [2.05, 4.69) is 4.90 Å². The van der Waals surface area contributed by atoms with Gasteiger partial charge >= 0.3 is 6.09 Å². The van der Waals surface area contributed by atoms with Gasteiger partial charge in [0, 0.05) is 39.5 Å². The van der Waals surface area contributed by atoms with Crippen LogP contribution in [0.3, 0.4) is 0 Å². The van der Waals surface area contributed by atoms with Crippen LogP contribution in [0.1, 0.15) is 31.4 Å². The molecule has 3 aliphatic heterocycles. The Labute approximate surface area is 153 Å². The fourth-order valence-electron chi connectivity index (χ4n) is 4.47. The van der Waals surface area contributed by atoms with E-state index in [1.165, 1.54) is 0 Å².